The SMILES string of the molecule is CCOC(=O)N[C@]1(NC=O)C(=O)N2[C@@H](C(=O)OCc3ccccc3)C(C)(C)S[C@@H]21. The molecule has 29 heavy (non-hydrogen) atoms. The van der Waals surface area contributed by atoms with Crippen LogP contribution < -0.4 is 10.6 Å². The molecule has 0 saturated carbocycles. The Morgan fingerprint density at radius 3 is 2.55 bits per heavy atom. The molecule has 3 amide bonds. The highest BCUT2D eigenvalue weighted by molar-refractivity contribution is 8.01. The zero-order chi connectivity index (χ0) is 21.2. The molecule has 0 bridgehead atoms. The molecule has 3 atom stereocenters. The molecule has 0 aromatic heterocycles. The van der Waals surface area contributed by atoms with Gasteiger partial charge in [-0.2, -0.15) is 0 Å². The molecule has 0 aliphatic carbocycles. The van der Waals surface area contributed by atoms with E-state index in [9.17, 15) is 19.2 Å². The van der Waals surface area contributed by atoms with Crippen molar-refractivity contribution in [3.8, 4) is 0 Å². The van der Waals surface area contributed by atoms with Crippen molar-refractivity contribution in [2.45, 2.75) is 49.2 Å². The van der Waals surface area contributed by atoms with Crippen molar-refractivity contribution < 1.29 is 28.7 Å². The number of β-lactam (4-membered cyclic amide) rings is 1. The van der Waals surface area contributed by atoms with Crippen molar-refractivity contribution in [1.29, 1.82) is 0 Å². The fourth-order valence-electron chi connectivity index (χ4n) is 3.55. The van der Waals surface area contributed by atoms with Crippen molar-refractivity contribution in [1.82, 2.24) is 15.5 Å². The molecule has 1 aromatic rings. The molecule has 156 valence electrons. The topological polar surface area (TPSA) is 114 Å². The molecule has 2 saturated heterocycles. The number of thioether (sulfide) groups is 1. The number of hydrogen-bond donors (Lipinski definition) is 2. The van der Waals surface area contributed by atoms with Gasteiger partial charge >= 0.3 is 12.1 Å². The highest BCUT2D eigenvalue weighted by Gasteiger charge is 2.73. The predicted molar refractivity (Wildman–Crippen MR) is 104 cm³/mol. The van der Waals surface area contributed by atoms with Gasteiger partial charge in [0.15, 0.2) is 0 Å². The fraction of sp³-hybridized carbons (Fsp3) is 0.474. The standard InChI is InChI=1S/C19H23N3O6S/c1-4-27-17(26)21-19(20-11-23)15(25)22-13(18(2,3)29-16(19)22)14(24)28-10-12-8-6-5-7-9-12/h5-9,11,13,16H,4,10H2,1-3H3,(H,20,23)(H,21,26)/t13-,16+,19+/m0/s1. The Morgan fingerprint density at radius 2 is 1.93 bits per heavy atom. The number of hydrogen-bond acceptors (Lipinski definition) is 7. The number of alkyl carbamates (subject to hydrolysis) is 1. The zero-order valence-electron chi connectivity index (χ0n) is 16.3. The van der Waals surface area contributed by atoms with E-state index < -0.39 is 39.8 Å². The molecule has 2 fully saturated rings. The summed E-state index contributed by atoms with van der Waals surface area (Å²) in [4.78, 5) is 50.2. The summed E-state index contributed by atoms with van der Waals surface area (Å²) in [5.41, 5.74) is -0.832. The summed E-state index contributed by atoms with van der Waals surface area (Å²) in [7, 11) is 0. The molecule has 3 rings (SSSR count). The van der Waals surface area contributed by atoms with E-state index in [0.717, 1.165) is 5.56 Å². The Kier molecular flexibility index (Phi) is 5.74. The maximum Gasteiger partial charge on any atom is 0.409 e. The van der Waals surface area contributed by atoms with Gasteiger partial charge in [0.1, 0.15) is 18.0 Å². The molecule has 2 aliphatic heterocycles. The number of amides is 3. The van der Waals surface area contributed by atoms with Gasteiger partial charge in [0.05, 0.1) is 6.61 Å². The fourth-order valence-corrected chi connectivity index (χ4v) is 5.20. The summed E-state index contributed by atoms with van der Waals surface area (Å²) in [6, 6.07) is 8.35. The highest BCUT2D eigenvalue weighted by atomic mass is 32.2. The van der Waals surface area contributed by atoms with Crippen LogP contribution in [-0.2, 0) is 30.5 Å². The van der Waals surface area contributed by atoms with Gasteiger partial charge in [-0.15, -0.1) is 11.8 Å². The van der Waals surface area contributed by atoms with Crippen LogP contribution in [0.5, 0.6) is 0 Å². The van der Waals surface area contributed by atoms with Crippen molar-refractivity contribution in [2.75, 3.05) is 6.61 Å². The van der Waals surface area contributed by atoms with Crippen LogP contribution in [0.2, 0.25) is 0 Å². The van der Waals surface area contributed by atoms with E-state index in [1.54, 1.807) is 6.92 Å². The van der Waals surface area contributed by atoms with Gasteiger partial charge in [0.2, 0.25) is 12.1 Å². The zero-order valence-corrected chi connectivity index (χ0v) is 17.2. The minimum Gasteiger partial charge on any atom is -0.459 e. The average molecular weight is 421 g/mol. The Labute approximate surface area is 172 Å². The van der Waals surface area contributed by atoms with E-state index in [1.165, 1.54) is 16.7 Å². The summed E-state index contributed by atoms with van der Waals surface area (Å²) < 4.78 is 9.60. The summed E-state index contributed by atoms with van der Waals surface area (Å²) in [6.45, 7) is 5.45. The molecule has 0 unspecified atom stereocenters. The predicted octanol–water partition coefficient (Wildman–Crippen LogP) is 0.981. The van der Waals surface area contributed by atoms with Gasteiger partial charge < -0.3 is 19.7 Å². The summed E-state index contributed by atoms with van der Waals surface area (Å²) in [6.07, 6.45) is -0.487. The smallest absolute Gasteiger partial charge is 0.409 e. The molecule has 0 spiro atoms. The second kappa shape index (κ2) is 7.94. The molecular weight excluding hydrogens is 398 g/mol. The molecule has 2 N–H and O–H groups in total. The largest absolute Gasteiger partial charge is 0.459 e. The third-order valence-electron chi connectivity index (χ3n) is 4.86. The number of ether oxygens (including phenoxy) is 2. The molecular formula is C19H23N3O6S. The number of nitrogens with zero attached hydrogens (tertiary/aromatic N) is 1. The number of carbonyl (C=O) groups excluding carboxylic acids is 4. The lowest BCUT2D eigenvalue weighted by atomic mass is 9.91. The quantitative estimate of drug-likeness (QED) is 0.292. The molecule has 9 nitrogen and oxygen atoms in total. The lowest BCUT2D eigenvalue weighted by Gasteiger charge is -2.52. The Balaban J connectivity index is 1.78. The molecule has 2 aliphatic rings. The molecule has 0 radical (unpaired) electrons. The minimum atomic E-state index is -1.66. The van der Waals surface area contributed by atoms with Gasteiger partial charge in [0, 0.05) is 4.75 Å². The van der Waals surface area contributed by atoms with Gasteiger partial charge in [-0.1, -0.05) is 30.3 Å². The van der Waals surface area contributed by atoms with Gasteiger partial charge in [-0.25, -0.2) is 9.59 Å². The van der Waals surface area contributed by atoms with Crippen LogP contribution in [-0.4, -0.2) is 57.7 Å². The Hall–Kier alpha value is -2.75. The maximum atomic E-state index is 13.0. The van der Waals surface area contributed by atoms with E-state index in [0.29, 0.717) is 6.41 Å². The summed E-state index contributed by atoms with van der Waals surface area (Å²) in [5.74, 6) is -1.14. The van der Waals surface area contributed by atoms with E-state index in [-0.39, 0.29) is 13.2 Å². The van der Waals surface area contributed by atoms with Crippen LogP contribution in [0.15, 0.2) is 30.3 Å². The van der Waals surface area contributed by atoms with Crippen LogP contribution in [0.25, 0.3) is 0 Å². The van der Waals surface area contributed by atoms with Gasteiger partial charge in [-0.3, -0.25) is 14.9 Å². The lowest BCUT2D eigenvalue weighted by Crippen LogP contribution is -2.84. The first kappa shape index (κ1) is 21.0. The maximum absolute atomic E-state index is 13.0. The number of esters is 1. The van der Waals surface area contributed by atoms with Crippen LogP contribution in [0, 0.1) is 0 Å². The van der Waals surface area contributed by atoms with Crippen LogP contribution in [0.1, 0.15) is 26.3 Å². The Bertz CT molecular complexity index is 817. The Morgan fingerprint density at radius 1 is 1.24 bits per heavy atom. The molecule has 2 heterocycles. The van der Waals surface area contributed by atoms with Gasteiger partial charge in [0.25, 0.3) is 5.91 Å². The number of fused-ring (bicyclic) bond motifs is 1. The first-order valence-corrected chi connectivity index (χ1v) is 10.0. The number of nitrogens with one attached hydrogen (secondary N) is 2. The summed E-state index contributed by atoms with van der Waals surface area (Å²) in [5, 5.41) is 4.17. The van der Waals surface area contributed by atoms with Gasteiger partial charge in [-0.05, 0) is 26.3 Å². The van der Waals surface area contributed by atoms with Crippen LogP contribution in [0.4, 0.5) is 4.79 Å². The van der Waals surface area contributed by atoms with Crippen molar-refractivity contribution >= 4 is 36.1 Å². The molecule has 1 aromatic carbocycles. The van der Waals surface area contributed by atoms with Crippen LogP contribution >= 0.6 is 11.8 Å². The third-order valence-corrected chi connectivity index (χ3v) is 6.49. The third kappa shape index (κ3) is 3.64. The monoisotopic (exact) mass is 421 g/mol. The van der Waals surface area contributed by atoms with E-state index in [1.807, 2.05) is 44.2 Å². The highest BCUT2D eigenvalue weighted by Crippen LogP contribution is 2.54. The number of carbonyl (C=O) groups is 4. The van der Waals surface area contributed by atoms with E-state index >= 15 is 0 Å². The minimum absolute atomic E-state index is 0.0857. The second-order valence-corrected chi connectivity index (χ2v) is 8.93. The van der Waals surface area contributed by atoms with Crippen molar-refractivity contribution in [3.05, 3.63) is 35.9 Å². The first-order valence-electron chi connectivity index (χ1n) is 9.14. The average Bonchev–Trinajstić information content (AvgIpc) is 2.96. The summed E-state index contributed by atoms with van der Waals surface area (Å²) >= 11 is 1.30. The normalized spacial score (nSPS) is 26.7. The number of rotatable bonds is 7. The van der Waals surface area contributed by atoms with Crippen molar-refractivity contribution in [3.63, 3.8) is 0 Å². The first-order chi connectivity index (χ1) is 13.8. The number of benzene rings is 1. The van der Waals surface area contributed by atoms with E-state index in [4.69, 9.17) is 9.47 Å². The lowest BCUT2D eigenvalue weighted by molar-refractivity contribution is -0.173. The second-order valence-electron chi connectivity index (χ2n) is 7.20. The van der Waals surface area contributed by atoms with Crippen molar-refractivity contribution in [2.24, 2.45) is 0 Å². The molecule has 10 heteroatoms. The van der Waals surface area contributed by atoms with E-state index in [2.05, 4.69) is 10.6 Å². The van der Waals surface area contributed by atoms with Crippen LogP contribution in [0.3, 0.4) is 0 Å².